The Morgan fingerprint density at radius 1 is 0.826 bits per heavy atom. The third-order valence-corrected chi connectivity index (χ3v) is 6.31. The lowest BCUT2D eigenvalue weighted by Crippen LogP contribution is -2.21. The highest BCUT2D eigenvalue weighted by Gasteiger charge is 2.21. The van der Waals surface area contributed by atoms with Gasteiger partial charge >= 0.3 is 0 Å². The van der Waals surface area contributed by atoms with Gasteiger partial charge in [0, 0.05) is 0 Å². The van der Waals surface area contributed by atoms with Crippen molar-refractivity contribution in [2.45, 2.75) is 103 Å². The van der Waals surface area contributed by atoms with E-state index < -0.39 is 0 Å². The molecule has 2 fully saturated rings. The molecule has 0 N–H and O–H groups in total. The molecule has 134 valence electrons. The summed E-state index contributed by atoms with van der Waals surface area (Å²) in [6, 6.07) is 0. The average Bonchev–Trinajstić information content (AvgIpc) is 2.61. The van der Waals surface area contributed by atoms with Gasteiger partial charge < -0.3 is 4.74 Å². The van der Waals surface area contributed by atoms with Gasteiger partial charge in [-0.25, -0.2) is 0 Å². The molecule has 2 aliphatic carbocycles. The number of allylic oxidation sites excluding steroid dienone is 1. The van der Waals surface area contributed by atoms with Crippen LogP contribution in [-0.4, -0.2) is 12.7 Å². The molecule has 1 nitrogen and oxygen atoms in total. The fraction of sp³-hybridized carbons (Fsp3) is 0.909. The molecule has 2 rings (SSSR count). The summed E-state index contributed by atoms with van der Waals surface area (Å²) in [6.07, 6.45) is 23.4. The van der Waals surface area contributed by atoms with Crippen molar-refractivity contribution in [3.8, 4) is 0 Å². The monoisotopic (exact) mass is 320 g/mol. The highest BCUT2D eigenvalue weighted by molar-refractivity contribution is 4.91. The van der Waals surface area contributed by atoms with Crippen LogP contribution in [0.2, 0.25) is 0 Å². The van der Waals surface area contributed by atoms with E-state index in [0.717, 1.165) is 24.4 Å². The van der Waals surface area contributed by atoms with Gasteiger partial charge in [0.15, 0.2) is 0 Å². The number of unbranched alkanes of at least 4 members (excludes halogenated alkanes) is 2. The molecule has 0 saturated heterocycles. The molecular formula is C22H40O. The Kier molecular flexibility index (Phi) is 9.34. The maximum absolute atomic E-state index is 6.10. The zero-order valence-corrected chi connectivity index (χ0v) is 15.8. The first-order chi connectivity index (χ1) is 11.3. The lowest BCUT2D eigenvalue weighted by atomic mass is 9.81. The minimum absolute atomic E-state index is 0.540. The van der Waals surface area contributed by atoms with Crippen LogP contribution in [-0.2, 0) is 4.74 Å². The van der Waals surface area contributed by atoms with E-state index in [2.05, 4.69) is 26.0 Å². The van der Waals surface area contributed by atoms with Crippen LogP contribution in [0.1, 0.15) is 97.3 Å². The SMILES string of the molecule is CCCCCC1CCC(OC/C=C/C2CCC(CC)CC2)CC1. The predicted octanol–water partition coefficient (Wildman–Crippen LogP) is 6.91. The van der Waals surface area contributed by atoms with E-state index in [-0.39, 0.29) is 0 Å². The van der Waals surface area contributed by atoms with Crippen LogP contribution in [0.25, 0.3) is 0 Å². The van der Waals surface area contributed by atoms with E-state index in [9.17, 15) is 0 Å². The fourth-order valence-corrected chi connectivity index (χ4v) is 4.50. The molecule has 0 aromatic carbocycles. The van der Waals surface area contributed by atoms with Gasteiger partial charge in [-0.2, -0.15) is 0 Å². The zero-order valence-electron chi connectivity index (χ0n) is 15.8. The molecule has 2 saturated carbocycles. The summed E-state index contributed by atoms with van der Waals surface area (Å²) in [7, 11) is 0. The molecule has 0 aromatic rings. The quantitative estimate of drug-likeness (QED) is 0.331. The van der Waals surface area contributed by atoms with Gasteiger partial charge in [0.2, 0.25) is 0 Å². The molecule has 0 aliphatic heterocycles. The van der Waals surface area contributed by atoms with Gasteiger partial charge in [-0.1, -0.05) is 58.1 Å². The third kappa shape index (κ3) is 7.42. The Bertz CT molecular complexity index is 306. The van der Waals surface area contributed by atoms with Crippen LogP contribution in [0, 0.1) is 17.8 Å². The van der Waals surface area contributed by atoms with Crippen molar-refractivity contribution in [2.75, 3.05) is 6.61 Å². The van der Waals surface area contributed by atoms with Crippen LogP contribution < -0.4 is 0 Å². The molecule has 23 heavy (non-hydrogen) atoms. The van der Waals surface area contributed by atoms with Gasteiger partial charge in [-0.15, -0.1) is 0 Å². The summed E-state index contributed by atoms with van der Waals surface area (Å²) < 4.78 is 6.10. The van der Waals surface area contributed by atoms with Crippen molar-refractivity contribution >= 4 is 0 Å². The Labute approximate surface area is 145 Å². The number of hydrogen-bond donors (Lipinski definition) is 0. The Hall–Kier alpha value is -0.300. The van der Waals surface area contributed by atoms with Crippen LogP contribution in [0.3, 0.4) is 0 Å². The maximum atomic E-state index is 6.10. The Morgan fingerprint density at radius 2 is 1.52 bits per heavy atom. The maximum Gasteiger partial charge on any atom is 0.0651 e. The molecule has 0 spiro atoms. The Balaban J connectivity index is 1.51. The topological polar surface area (TPSA) is 9.23 Å². The van der Waals surface area contributed by atoms with Crippen molar-refractivity contribution in [1.29, 1.82) is 0 Å². The average molecular weight is 321 g/mol. The molecule has 0 radical (unpaired) electrons. The van der Waals surface area contributed by atoms with Crippen LogP contribution in [0.15, 0.2) is 12.2 Å². The smallest absolute Gasteiger partial charge is 0.0651 e. The second-order valence-electron chi connectivity index (χ2n) is 8.09. The fourth-order valence-electron chi connectivity index (χ4n) is 4.50. The minimum atomic E-state index is 0.540. The van der Waals surface area contributed by atoms with Gasteiger partial charge in [0.1, 0.15) is 0 Å². The van der Waals surface area contributed by atoms with E-state index in [0.29, 0.717) is 6.10 Å². The summed E-state index contributed by atoms with van der Waals surface area (Å²) in [5.74, 6) is 2.82. The van der Waals surface area contributed by atoms with Crippen LogP contribution in [0.5, 0.6) is 0 Å². The summed E-state index contributed by atoms with van der Waals surface area (Å²) in [6.45, 7) is 5.49. The van der Waals surface area contributed by atoms with Crippen molar-refractivity contribution in [1.82, 2.24) is 0 Å². The number of hydrogen-bond acceptors (Lipinski definition) is 1. The van der Waals surface area contributed by atoms with E-state index in [1.807, 2.05) is 0 Å². The van der Waals surface area contributed by atoms with Gasteiger partial charge in [-0.05, 0) is 69.1 Å². The summed E-state index contributed by atoms with van der Waals surface area (Å²) in [5, 5.41) is 0. The Morgan fingerprint density at radius 3 is 2.17 bits per heavy atom. The largest absolute Gasteiger partial charge is 0.374 e. The summed E-state index contributed by atoms with van der Waals surface area (Å²) >= 11 is 0. The van der Waals surface area contributed by atoms with Crippen LogP contribution in [0.4, 0.5) is 0 Å². The highest BCUT2D eigenvalue weighted by Crippen LogP contribution is 2.32. The van der Waals surface area contributed by atoms with Crippen molar-refractivity contribution in [3.05, 3.63) is 12.2 Å². The van der Waals surface area contributed by atoms with Gasteiger partial charge in [0.05, 0.1) is 12.7 Å². The van der Waals surface area contributed by atoms with Crippen molar-refractivity contribution in [3.63, 3.8) is 0 Å². The van der Waals surface area contributed by atoms with E-state index >= 15 is 0 Å². The summed E-state index contributed by atoms with van der Waals surface area (Å²) in [4.78, 5) is 0. The van der Waals surface area contributed by atoms with Crippen molar-refractivity contribution in [2.24, 2.45) is 17.8 Å². The summed E-state index contributed by atoms with van der Waals surface area (Å²) in [5.41, 5.74) is 0. The minimum Gasteiger partial charge on any atom is -0.374 e. The van der Waals surface area contributed by atoms with Gasteiger partial charge in [0.25, 0.3) is 0 Å². The second kappa shape index (κ2) is 11.3. The first kappa shape index (κ1) is 19.0. The number of rotatable bonds is 9. The van der Waals surface area contributed by atoms with E-state index in [1.165, 1.54) is 83.5 Å². The van der Waals surface area contributed by atoms with Crippen LogP contribution >= 0.6 is 0 Å². The predicted molar refractivity (Wildman–Crippen MR) is 101 cm³/mol. The molecule has 1 heteroatoms. The number of ether oxygens (including phenoxy) is 1. The lowest BCUT2D eigenvalue weighted by molar-refractivity contribution is 0.0331. The molecule has 2 aliphatic rings. The second-order valence-corrected chi connectivity index (χ2v) is 8.09. The molecule has 0 aromatic heterocycles. The van der Waals surface area contributed by atoms with Gasteiger partial charge in [-0.3, -0.25) is 0 Å². The molecule has 0 unspecified atom stereocenters. The highest BCUT2D eigenvalue weighted by atomic mass is 16.5. The van der Waals surface area contributed by atoms with E-state index in [1.54, 1.807) is 0 Å². The first-order valence-corrected chi connectivity index (χ1v) is 10.6. The van der Waals surface area contributed by atoms with E-state index in [4.69, 9.17) is 4.74 Å². The first-order valence-electron chi connectivity index (χ1n) is 10.6. The molecule has 0 bridgehead atoms. The molecule has 0 heterocycles. The standard InChI is InChI=1S/C22H40O/c1-3-5-6-8-20-14-16-22(17-15-20)23-18-7-9-21-12-10-19(4-2)11-13-21/h7,9,19-22H,3-6,8,10-18H2,1-2H3/b9-7+. The molecular weight excluding hydrogens is 280 g/mol. The normalized spacial score (nSPS) is 32.4. The molecule has 0 amide bonds. The third-order valence-electron chi connectivity index (χ3n) is 6.31. The zero-order chi connectivity index (χ0) is 16.3. The molecule has 0 atom stereocenters. The lowest BCUT2D eigenvalue weighted by Gasteiger charge is -2.28. The van der Waals surface area contributed by atoms with Crippen molar-refractivity contribution < 1.29 is 4.74 Å².